The van der Waals surface area contributed by atoms with Gasteiger partial charge in [0.2, 0.25) is 0 Å². The number of halogens is 2. The highest BCUT2D eigenvalue weighted by molar-refractivity contribution is 6.30. The highest BCUT2D eigenvalue weighted by Gasteiger charge is 2.26. The quantitative estimate of drug-likeness (QED) is 0.875. The molecule has 2 rings (SSSR count). The van der Waals surface area contributed by atoms with E-state index in [4.69, 9.17) is 11.6 Å². The Morgan fingerprint density at radius 1 is 1.47 bits per heavy atom. The molecule has 1 aliphatic heterocycles. The van der Waals surface area contributed by atoms with Crippen molar-refractivity contribution >= 4 is 17.3 Å². The number of piperidine rings is 1. The van der Waals surface area contributed by atoms with Gasteiger partial charge in [-0.05, 0) is 45.0 Å². The number of nitrogens with zero attached hydrogens (tertiary/aromatic N) is 1. The molecule has 0 aliphatic carbocycles. The van der Waals surface area contributed by atoms with E-state index in [1.54, 1.807) is 12.1 Å². The van der Waals surface area contributed by atoms with Crippen LogP contribution in [-0.4, -0.2) is 25.7 Å². The second-order valence-electron chi connectivity index (χ2n) is 4.65. The van der Waals surface area contributed by atoms with Crippen LogP contribution in [0.3, 0.4) is 0 Å². The lowest BCUT2D eigenvalue weighted by atomic mass is 9.97. The highest BCUT2D eigenvalue weighted by atomic mass is 35.5. The van der Waals surface area contributed by atoms with E-state index in [2.05, 4.69) is 17.1 Å². The molecule has 94 valence electrons. The van der Waals surface area contributed by atoms with Crippen LogP contribution < -0.4 is 10.2 Å². The van der Waals surface area contributed by atoms with E-state index in [-0.39, 0.29) is 5.82 Å². The Morgan fingerprint density at radius 3 is 2.88 bits per heavy atom. The standard InChI is InChI=1S/C13H18ClFN2/c1-9-7-11(16-2)5-6-17(9)13-8-10(14)3-4-12(13)15/h3-4,8-9,11,16H,5-7H2,1-2H3. The average molecular weight is 257 g/mol. The van der Waals surface area contributed by atoms with E-state index in [1.807, 2.05) is 7.05 Å². The van der Waals surface area contributed by atoms with Crippen LogP contribution in [0.4, 0.5) is 10.1 Å². The molecule has 17 heavy (non-hydrogen) atoms. The lowest BCUT2D eigenvalue weighted by molar-refractivity contribution is 0.384. The van der Waals surface area contributed by atoms with Crippen LogP contribution in [0, 0.1) is 5.82 Å². The van der Waals surface area contributed by atoms with Gasteiger partial charge in [0.1, 0.15) is 5.82 Å². The number of hydrogen-bond acceptors (Lipinski definition) is 2. The Bertz CT molecular complexity index is 397. The first-order valence-corrected chi connectivity index (χ1v) is 6.38. The summed E-state index contributed by atoms with van der Waals surface area (Å²) < 4.78 is 13.8. The number of rotatable bonds is 2. The van der Waals surface area contributed by atoms with Gasteiger partial charge < -0.3 is 10.2 Å². The molecule has 1 saturated heterocycles. The van der Waals surface area contributed by atoms with Crippen molar-refractivity contribution < 1.29 is 4.39 Å². The second-order valence-corrected chi connectivity index (χ2v) is 5.08. The first kappa shape index (κ1) is 12.7. The minimum Gasteiger partial charge on any atom is -0.366 e. The van der Waals surface area contributed by atoms with Crippen LogP contribution in [0.15, 0.2) is 18.2 Å². The normalized spacial score (nSPS) is 25.1. The molecule has 1 aliphatic rings. The zero-order valence-electron chi connectivity index (χ0n) is 10.2. The third-order valence-corrected chi connectivity index (χ3v) is 3.74. The lowest BCUT2D eigenvalue weighted by Gasteiger charge is -2.39. The average Bonchev–Trinajstić information content (AvgIpc) is 2.32. The zero-order valence-corrected chi connectivity index (χ0v) is 11.0. The SMILES string of the molecule is CNC1CCN(c2cc(Cl)ccc2F)C(C)C1. The third-order valence-electron chi connectivity index (χ3n) is 3.50. The summed E-state index contributed by atoms with van der Waals surface area (Å²) in [6, 6.07) is 5.60. The van der Waals surface area contributed by atoms with Crippen LogP contribution in [0.5, 0.6) is 0 Å². The van der Waals surface area contributed by atoms with Crippen molar-refractivity contribution in [3.05, 3.63) is 29.0 Å². The topological polar surface area (TPSA) is 15.3 Å². The first-order chi connectivity index (χ1) is 8.11. The monoisotopic (exact) mass is 256 g/mol. The Balaban J connectivity index is 2.20. The van der Waals surface area contributed by atoms with Crippen LogP contribution in [0.2, 0.25) is 5.02 Å². The number of hydrogen-bond donors (Lipinski definition) is 1. The Hall–Kier alpha value is -0.800. The van der Waals surface area contributed by atoms with Gasteiger partial charge in [0.15, 0.2) is 0 Å². The first-order valence-electron chi connectivity index (χ1n) is 6.00. The maximum atomic E-state index is 13.8. The largest absolute Gasteiger partial charge is 0.366 e. The van der Waals surface area contributed by atoms with Gasteiger partial charge in [0.05, 0.1) is 5.69 Å². The summed E-state index contributed by atoms with van der Waals surface area (Å²) in [5, 5.41) is 3.87. The summed E-state index contributed by atoms with van der Waals surface area (Å²) in [6.45, 7) is 2.99. The number of benzene rings is 1. The molecule has 1 N–H and O–H groups in total. The lowest BCUT2D eigenvalue weighted by Crippen LogP contribution is -2.47. The number of nitrogens with one attached hydrogen (secondary N) is 1. The Kier molecular flexibility index (Phi) is 3.89. The van der Waals surface area contributed by atoms with E-state index in [0.29, 0.717) is 22.8 Å². The molecule has 0 saturated carbocycles. The molecule has 0 spiro atoms. The van der Waals surface area contributed by atoms with Crippen molar-refractivity contribution in [3.63, 3.8) is 0 Å². The molecule has 0 aromatic heterocycles. The molecule has 2 unspecified atom stereocenters. The summed E-state index contributed by atoms with van der Waals surface area (Å²) in [5.41, 5.74) is 0.625. The van der Waals surface area contributed by atoms with Crippen molar-refractivity contribution in [3.8, 4) is 0 Å². The van der Waals surface area contributed by atoms with Crippen LogP contribution in [0.25, 0.3) is 0 Å². The summed E-state index contributed by atoms with van der Waals surface area (Å²) in [5.74, 6) is -0.191. The van der Waals surface area contributed by atoms with Gasteiger partial charge in [-0.2, -0.15) is 0 Å². The molecule has 0 amide bonds. The van der Waals surface area contributed by atoms with Gasteiger partial charge in [0, 0.05) is 23.7 Å². The zero-order chi connectivity index (χ0) is 12.4. The predicted octanol–water partition coefficient (Wildman–Crippen LogP) is 3.06. The van der Waals surface area contributed by atoms with Crippen LogP contribution in [0.1, 0.15) is 19.8 Å². The van der Waals surface area contributed by atoms with Gasteiger partial charge in [-0.3, -0.25) is 0 Å². The summed E-state index contributed by atoms with van der Waals surface area (Å²) in [7, 11) is 1.98. The van der Waals surface area contributed by atoms with Gasteiger partial charge >= 0.3 is 0 Å². The van der Waals surface area contributed by atoms with Crippen molar-refractivity contribution in [2.45, 2.75) is 31.8 Å². The molecule has 4 heteroatoms. The molecular weight excluding hydrogens is 239 g/mol. The maximum absolute atomic E-state index is 13.8. The molecule has 1 fully saturated rings. The van der Waals surface area contributed by atoms with E-state index in [0.717, 1.165) is 19.4 Å². The van der Waals surface area contributed by atoms with E-state index in [9.17, 15) is 4.39 Å². The molecule has 1 heterocycles. The summed E-state index contributed by atoms with van der Waals surface area (Å²) in [6.07, 6.45) is 2.06. The fourth-order valence-electron chi connectivity index (χ4n) is 2.50. The van der Waals surface area contributed by atoms with E-state index < -0.39 is 0 Å². The van der Waals surface area contributed by atoms with Crippen LogP contribution >= 0.6 is 11.6 Å². The molecule has 2 atom stereocenters. The fraction of sp³-hybridized carbons (Fsp3) is 0.538. The molecule has 0 bridgehead atoms. The van der Waals surface area contributed by atoms with E-state index >= 15 is 0 Å². The maximum Gasteiger partial charge on any atom is 0.146 e. The Labute approximate surface area is 107 Å². The van der Waals surface area contributed by atoms with Crippen molar-refractivity contribution in [1.29, 1.82) is 0 Å². The van der Waals surface area contributed by atoms with Crippen LogP contribution in [-0.2, 0) is 0 Å². The van der Waals surface area contributed by atoms with Gasteiger partial charge in [-0.1, -0.05) is 11.6 Å². The number of anilines is 1. The molecular formula is C13H18ClFN2. The predicted molar refractivity (Wildman–Crippen MR) is 70.3 cm³/mol. The molecule has 1 aromatic carbocycles. The third kappa shape index (κ3) is 2.72. The highest BCUT2D eigenvalue weighted by Crippen LogP contribution is 2.29. The Morgan fingerprint density at radius 2 is 2.24 bits per heavy atom. The second kappa shape index (κ2) is 5.23. The van der Waals surface area contributed by atoms with Crippen molar-refractivity contribution in [2.75, 3.05) is 18.5 Å². The fourth-order valence-corrected chi connectivity index (χ4v) is 2.66. The smallest absolute Gasteiger partial charge is 0.146 e. The minimum absolute atomic E-state index is 0.191. The summed E-state index contributed by atoms with van der Waals surface area (Å²) >= 11 is 5.93. The molecule has 1 aromatic rings. The minimum atomic E-state index is -0.191. The van der Waals surface area contributed by atoms with Gasteiger partial charge in [0.25, 0.3) is 0 Å². The van der Waals surface area contributed by atoms with Crippen molar-refractivity contribution in [2.24, 2.45) is 0 Å². The summed E-state index contributed by atoms with van der Waals surface area (Å²) in [4.78, 5) is 2.11. The van der Waals surface area contributed by atoms with Gasteiger partial charge in [-0.15, -0.1) is 0 Å². The molecule has 2 nitrogen and oxygen atoms in total. The van der Waals surface area contributed by atoms with Crippen molar-refractivity contribution in [1.82, 2.24) is 5.32 Å². The molecule has 0 radical (unpaired) electrons. The van der Waals surface area contributed by atoms with Gasteiger partial charge in [-0.25, -0.2) is 4.39 Å². The van der Waals surface area contributed by atoms with E-state index in [1.165, 1.54) is 6.07 Å².